The first-order valence-electron chi connectivity index (χ1n) is 6.20. The highest BCUT2D eigenvalue weighted by molar-refractivity contribution is 5.99. The van der Waals surface area contributed by atoms with Gasteiger partial charge in [-0.3, -0.25) is 4.79 Å². The number of halogens is 2. The predicted octanol–water partition coefficient (Wildman–Crippen LogP) is 2.25. The van der Waals surface area contributed by atoms with Gasteiger partial charge in [-0.2, -0.15) is 0 Å². The maximum absolute atomic E-state index is 13.9. The zero-order valence-electron chi connectivity index (χ0n) is 10.7. The van der Waals surface area contributed by atoms with Crippen LogP contribution < -0.4 is 5.32 Å². The molecule has 1 aromatic heterocycles. The second kappa shape index (κ2) is 4.69. The van der Waals surface area contributed by atoms with Gasteiger partial charge in [-0.1, -0.05) is 0 Å². The van der Waals surface area contributed by atoms with Gasteiger partial charge in [0.25, 0.3) is 5.91 Å². The maximum atomic E-state index is 13.9. The molecule has 0 spiro atoms. The Morgan fingerprint density at radius 2 is 2.00 bits per heavy atom. The molecule has 0 aliphatic carbocycles. The van der Waals surface area contributed by atoms with E-state index in [0.29, 0.717) is 24.7 Å². The van der Waals surface area contributed by atoms with Crippen LogP contribution in [0.2, 0.25) is 0 Å². The topological polar surface area (TPSA) is 71.3 Å². The third kappa shape index (κ3) is 2.06. The van der Waals surface area contributed by atoms with Crippen molar-refractivity contribution in [3.05, 3.63) is 47.2 Å². The van der Waals surface area contributed by atoms with Gasteiger partial charge >= 0.3 is 6.09 Å². The molecule has 2 aromatic rings. The van der Waals surface area contributed by atoms with Crippen LogP contribution >= 0.6 is 0 Å². The Morgan fingerprint density at radius 1 is 1.24 bits per heavy atom. The number of nitrogens with zero attached hydrogens (tertiary/aromatic N) is 1. The molecule has 1 aliphatic rings. The molecule has 1 aromatic carbocycles. The number of hydrogen-bond donors (Lipinski definition) is 2. The molecule has 21 heavy (non-hydrogen) atoms. The number of fused-ring (bicyclic) bond motifs is 1. The molecule has 5 nitrogen and oxygen atoms in total. The zero-order chi connectivity index (χ0) is 15.1. The van der Waals surface area contributed by atoms with Gasteiger partial charge in [0.05, 0.1) is 11.3 Å². The fourth-order valence-corrected chi connectivity index (χ4v) is 2.50. The van der Waals surface area contributed by atoms with Crippen LogP contribution in [0.15, 0.2) is 24.3 Å². The predicted molar refractivity (Wildman–Crippen MR) is 69.2 cm³/mol. The van der Waals surface area contributed by atoms with Gasteiger partial charge < -0.3 is 10.4 Å². The summed E-state index contributed by atoms with van der Waals surface area (Å²) in [5.74, 6) is -2.04. The summed E-state index contributed by atoms with van der Waals surface area (Å²) >= 11 is 0. The number of benzene rings is 1. The smallest absolute Gasteiger partial charge is 0.416 e. The second-order valence-electron chi connectivity index (χ2n) is 4.64. The van der Waals surface area contributed by atoms with E-state index in [1.54, 1.807) is 0 Å². The standard InChI is InChI=1S/C14H10F2N2O3/c15-7-1-2-8(10(16)5-7)12-6-9-11(18(12)14(20)21)3-4-17-13(9)19/h1-2,5-6H,3-4H2,(H,17,19)(H,20,21). The lowest BCUT2D eigenvalue weighted by Gasteiger charge is -2.14. The fraction of sp³-hybridized carbons (Fsp3) is 0.143. The van der Waals surface area contributed by atoms with Crippen molar-refractivity contribution in [1.82, 2.24) is 9.88 Å². The Kier molecular flexibility index (Phi) is 2.97. The van der Waals surface area contributed by atoms with Gasteiger partial charge in [0.1, 0.15) is 11.6 Å². The first-order valence-corrected chi connectivity index (χ1v) is 6.20. The summed E-state index contributed by atoms with van der Waals surface area (Å²) in [5.41, 5.74) is 0.454. The van der Waals surface area contributed by atoms with Crippen molar-refractivity contribution >= 4 is 12.0 Å². The lowest BCUT2D eigenvalue weighted by Crippen LogP contribution is -2.32. The van der Waals surface area contributed by atoms with E-state index in [-0.39, 0.29) is 16.8 Å². The van der Waals surface area contributed by atoms with Crippen LogP contribution in [-0.2, 0) is 6.42 Å². The van der Waals surface area contributed by atoms with Gasteiger partial charge in [-0.25, -0.2) is 18.1 Å². The maximum Gasteiger partial charge on any atom is 0.416 e. The summed E-state index contributed by atoms with van der Waals surface area (Å²) in [6.45, 7) is 0.314. The number of hydrogen-bond acceptors (Lipinski definition) is 2. The van der Waals surface area contributed by atoms with Crippen molar-refractivity contribution in [1.29, 1.82) is 0 Å². The minimum atomic E-state index is -1.32. The molecule has 0 atom stereocenters. The van der Waals surface area contributed by atoms with Crippen LogP contribution in [0.3, 0.4) is 0 Å². The third-order valence-corrected chi connectivity index (χ3v) is 3.39. The molecule has 2 N–H and O–H groups in total. The van der Waals surface area contributed by atoms with Crippen molar-refractivity contribution in [3.63, 3.8) is 0 Å². The summed E-state index contributed by atoms with van der Waals surface area (Å²) in [5, 5.41) is 11.9. The van der Waals surface area contributed by atoms with Crippen molar-refractivity contribution in [2.24, 2.45) is 0 Å². The number of amides is 1. The van der Waals surface area contributed by atoms with Gasteiger partial charge in [0, 0.05) is 30.3 Å². The van der Waals surface area contributed by atoms with E-state index in [4.69, 9.17) is 0 Å². The molecule has 0 fully saturated rings. The highest BCUT2D eigenvalue weighted by Crippen LogP contribution is 2.30. The minimum Gasteiger partial charge on any atom is -0.464 e. The van der Waals surface area contributed by atoms with Crippen LogP contribution in [0, 0.1) is 11.6 Å². The van der Waals surface area contributed by atoms with E-state index in [1.807, 2.05) is 0 Å². The van der Waals surface area contributed by atoms with Crippen LogP contribution in [0.4, 0.5) is 13.6 Å². The highest BCUT2D eigenvalue weighted by Gasteiger charge is 2.28. The number of rotatable bonds is 1. The monoisotopic (exact) mass is 292 g/mol. The number of nitrogens with one attached hydrogen (secondary N) is 1. The Labute approximate surface area is 117 Å². The lowest BCUT2D eigenvalue weighted by molar-refractivity contribution is 0.0945. The Balaban J connectivity index is 2.27. The van der Waals surface area contributed by atoms with E-state index in [1.165, 1.54) is 6.07 Å². The van der Waals surface area contributed by atoms with Crippen molar-refractivity contribution in [2.75, 3.05) is 6.54 Å². The first-order chi connectivity index (χ1) is 9.99. The summed E-state index contributed by atoms with van der Waals surface area (Å²) in [6, 6.07) is 4.18. The van der Waals surface area contributed by atoms with Gasteiger partial charge in [0.15, 0.2) is 0 Å². The number of carboxylic acid groups (broad SMARTS) is 1. The molecular weight excluding hydrogens is 282 g/mol. The van der Waals surface area contributed by atoms with Crippen molar-refractivity contribution in [3.8, 4) is 11.3 Å². The molecular formula is C14H10F2N2O3. The zero-order valence-corrected chi connectivity index (χ0v) is 10.7. The molecule has 0 unspecified atom stereocenters. The van der Waals surface area contributed by atoms with Crippen LogP contribution in [0.1, 0.15) is 16.1 Å². The summed E-state index contributed by atoms with van der Waals surface area (Å²) in [7, 11) is 0. The quantitative estimate of drug-likeness (QED) is 0.846. The molecule has 0 saturated heterocycles. The molecule has 1 amide bonds. The van der Waals surface area contributed by atoms with Gasteiger partial charge in [-0.05, 0) is 18.2 Å². The van der Waals surface area contributed by atoms with Crippen LogP contribution in [0.25, 0.3) is 11.3 Å². The number of carbonyl (C=O) groups excluding carboxylic acids is 1. The lowest BCUT2D eigenvalue weighted by atomic mass is 10.1. The number of aromatic nitrogens is 1. The molecule has 3 rings (SSSR count). The van der Waals surface area contributed by atoms with Crippen LogP contribution in [0.5, 0.6) is 0 Å². The van der Waals surface area contributed by atoms with E-state index in [2.05, 4.69) is 5.32 Å². The number of carbonyl (C=O) groups is 2. The normalized spacial score (nSPS) is 13.7. The third-order valence-electron chi connectivity index (χ3n) is 3.39. The van der Waals surface area contributed by atoms with E-state index >= 15 is 0 Å². The average molecular weight is 292 g/mol. The molecule has 0 radical (unpaired) electrons. The molecule has 0 bridgehead atoms. The Hall–Kier alpha value is -2.70. The van der Waals surface area contributed by atoms with Gasteiger partial charge in [0.2, 0.25) is 0 Å². The minimum absolute atomic E-state index is 0.0158. The Morgan fingerprint density at radius 3 is 2.67 bits per heavy atom. The van der Waals surface area contributed by atoms with E-state index < -0.39 is 23.6 Å². The fourth-order valence-electron chi connectivity index (χ4n) is 2.50. The van der Waals surface area contributed by atoms with Gasteiger partial charge in [-0.15, -0.1) is 0 Å². The summed E-state index contributed by atoms with van der Waals surface area (Å²) < 4.78 is 27.8. The molecule has 108 valence electrons. The summed E-state index contributed by atoms with van der Waals surface area (Å²) in [4.78, 5) is 23.2. The average Bonchev–Trinajstić information content (AvgIpc) is 2.79. The molecule has 2 heterocycles. The van der Waals surface area contributed by atoms with E-state index in [0.717, 1.165) is 16.7 Å². The van der Waals surface area contributed by atoms with E-state index in [9.17, 15) is 23.5 Å². The van der Waals surface area contributed by atoms with Crippen LogP contribution in [-0.4, -0.2) is 28.2 Å². The molecule has 1 aliphatic heterocycles. The second-order valence-corrected chi connectivity index (χ2v) is 4.64. The largest absolute Gasteiger partial charge is 0.464 e. The van der Waals surface area contributed by atoms with Crippen molar-refractivity contribution in [2.45, 2.75) is 6.42 Å². The highest BCUT2D eigenvalue weighted by atomic mass is 19.1. The Bertz CT molecular complexity index is 768. The first kappa shape index (κ1) is 13.3. The van der Waals surface area contributed by atoms with Crippen molar-refractivity contribution < 1.29 is 23.5 Å². The molecule has 0 saturated carbocycles. The SMILES string of the molecule is O=C1NCCc2c1cc(-c1ccc(F)cc1F)n2C(=O)O. The molecule has 7 heteroatoms. The summed E-state index contributed by atoms with van der Waals surface area (Å²) in [6.07, 6.45) is -0.986.